The topological polar surface area (TPSA) is 65.0 Å². The van der Waals surface area contributed by atoms with Gasteiger partial charge in [-0.3, -0.25) is 4.79 Å². The number of ketones is 1. The Morgan fingerprint density at radius 2 is 1.54 bits per heavy atom. The molecule has 2 aromatic rings. The third-order valence-corrected chi connectivity index (χ3v) is 4.21. The first-order chi connectivity index (χ1) is 13.5. The number of benzene rings is 2. The van der Waals surface area contributed by atoms with Gasteiger partial charge in [0.05, 0.1) is 21.3 Å². The van der Waals surface area contributed by atoms with E-state index in [9.17, 15) is 9.90 Å². The van der Waals surface area contributed by atoms with E-state index in [1.807, 2.05) is 37.3 Å². The van der Waals surface area contributed by atoms with Crippen LogP contribution in [0.15, 0.2) is 48.6 Å². The second-order valence-corrected chi connectivity index (χ2v) is 6.39. The number of rotatable bonds is 9. The van der Waals surface area contributed by atoms with Gasteiger partial charge in [-0.05, 0) is 47.4 Å². The van der Waals surface area contributed by atoms with Gasteiger partial charge in [0.25, 0.3) is 0 Å². The Labute approximate surface area is 165 Å². The van der Waals surface area contributed by atoms with Gasteiger partial charge in [-0.15, -0.1) is 0 Å². The maximum atomic E-state index is 12.2. The van der Waals surface area contributed by atoms with Crippen molar-refractivity contribution in [3.63, 3.8) is 0 Å². The van der Waals surface area contributed by atoms with Crippen molar-refractivity contribution in [3.05, 3.63) is 59.7 Å². The number of methoxy groups -OCH3 is 3. The fourth-order valence-corrected chi connectivity index (χ4v) is 2.67. The summed E-state index contributed by atoms with van der Waals surface area (Å²) in [5.41, 5.74) is 1.76. The summed E-state index contributed by atoms with van der Waals surface area (Å²) in [5.74, 6) is 1.90. The van der Waals surface area contributed by atoms with Gasteiger partial charge in [0, 0.05) is 6.42 Å². The van der Waals surface area contributed by atoms with E-state index >= 15 is 0 Å². The van der Waals surface area contributed by atoms with Crippen molar-refractivity contribution in [2.75, 3.05) is 21.3 Å². The Morgan fingerprint density at radius 3 is 2.21 bits per heavy atom. The molecule has 1 unspecified atom stereocenters. The maximum absolute atomic E-state index is 12.2. The molecule has 0 bridgehead atoms. The first-order valence-corrected chi connectivity index (χ1v) is 8.95. The molecule has 0 amide bonds. The number of carbonyl (C=O) groups excluding carboxylic acids is 1. The molecule has 0 aliphatic rings. The quantitative estimate of drug-likeness (QED) is 0.635. The van der Waals surface area contributed by atoms with Gasteiger partial charge in [0.2, 0.25) is 0 Å². The van der Waals surface area contributed by atoms with E-state index in [2.05, 4.69) is 0 Å². The van der Waals surface area contributed by atoms with Crippen LogP contribution in [0.25, 0.3) is 12.2 Å². The molecule has 0 aromatic heterocycles. The minimum Gasteiger partial charge on any atom is -0.504 e. The molecule has 148 valence electrons. The van der Waals surface area contributed by atoms with E-state index in [-0.39, 0.29) is 17.5 Å². The average Bonchev–Trinajstić information content (AvgIpc) is 2.71. The molecule has 0 fully saturated rings. The second-order valence-electron chi connectivity index (χ2n) is 6.39. The molecule has 1 atom stereocenters. The SMILES string of the molecule is COc1cc(/C=C/C(=O)CC(C)/C=C/c2ccc(OC)c(OC)c2)ccc1O. The number of hydrogen-bond donors (Lipinski definition) is 1. The molecular formula is C23H26O5. The predicted octanol–water partition coefficient (Wildman–Crippen LogP) is 4.74. The molecule has 5 heteroatoms. The summed E-state index contributed by atoms with van der Waals surface area (Å²) in [4.78, 5) is 12.2. The van der Waals surface area contributed by atoms with Crippen molar-refractivity contribution in [1.82, 2.24) is 0 Å². The van der Waals surface area contributed by atoms with Crippen molar-refractivity contribution in [2.45, 2.75) is 13.3 Å². The maximum Gasteiger partial charge on any atom is 0.161 e. The summed E-state index contributed by atoms with van der Waals surface area (Å²) in [6.07, 6.45) is 7.63. The highest BCUT2D eigenvalue weighted by atomic mass is 16.5. The molecule has 0 radical (unpaired) electrons. The first kappa shape index (κ1) is 21.1. The van der Waals surface area contributed by atoms with Crippen LogP contribution in [0, 0.1) is 5.92 Å². The van der Waals surface area contributed by atoms with Gasteiger partial charge in [-0.2, -0.15) is 0 Å². The third-order valence-electron chi connectivity index (χ3n) is 4.21. The van der Waals surface area contributed by atoms with E-state index in [1.54, 1.807) is 38.5 Å². The molecule has 0 aliphatic heterocycles. The van der Waals surface area contributed by atoms with Gasteiger partial charge in [0.1, 0.15) is 0 Å². The van der Waals surface area contributed by atoms with E-state index in [0.717, 1.165) is 11.1 Å². The van der Waals surface area contributed by atoms with E-state index in [0.29, 0.717) is 23.7 Å². The van der Waals surface area contributed by atoms with Gasteiger partial charge in [-0.25, -0.2) is 0 Å². The average molecular weight is 382 g/mol. The molecule has 2 aromatic carbocycles. The molecule has 0 spiro atoms. The van der Waals surface area contributed by atoms with Crippen LogP contribution in [0.5, 0.6) is 23.0 Å². The Balaban J connectivity index is 1.96. The van der Waals surface area contributed by atoms with Crippen molar-refractivity contribution in [3.8, 4) is 23.0 Å². The van der Waals surface area contributed by atoms with E-state index in [4.69, 9.17) is 14.2 Å². The fraction of sp³-hybridized carbons (Fsp3) is 0.261. The number of phenolic OH excluding ortho intramolecular Hbond substituents is 1. The number of aromatic hydroxyl groups is 1. The summed E-state index contributed by atoms with van der Waals surface area (Å²) >= 11 is 0. The molecule has 0 saturated carbocycles. The fourth-order valence-electron chi connectivity index (χ4n) is 2.67. The predicted molar refractivity (Wildman–Crippen MR) is 111 cm³/mol. The van der Waals surface area contributed by atoms with Gasteiger partial charge >= 0.3 is 0 Å². The summed E-state index contributed by atoms with van der Waals surface area (Å²) in [6, 6.07) is 10.6. The summed E-state index contributed by atoms with van der Waals surface area (Å²) < 4.78 is 15.6. The lowest BCUT2D eigenvalue weighted by Crippen LogP contribution is -2.00. The van der Waals surface area contributed by atoms with Gasteiger partial charge in [0.15, 0.2) is 28.8 Å². The molecule has 1 N–H and O–H groups in total. The Bertz CT molecular complexity index is 867. The minimum absolute atomic E-state index is 0.0245. The third kappa shape index (κ3) is 5.91. The van der Waals surface area contributed by atoms with Crippen molar-refractivity contribution < 1.29 is 24.1 Å². The number of allylic oxidation sites excluding steroid dienone is 2. The summed E-state index contributed by atoms with van der Waals surface area (Å²) in [7, 11) is 4.69. The minimum atomic E-state index is 0.0245. The lowest BCUT2D eigenvalue weighted by molar-refractivity contribution is -0.115. The van der Waals surface area contributed by atoms with Crippen LogP contribution >= 0.6 is 0 Å². The lowest BCUT2D eigenvalue weighted by Gasteiger charge is -2.08. The van der Waals surface area contributed by atoms with E-state index in [1.165, 1.54) is 13.2 Å². The van der Waals surface area contributed by atoms with E-state index < -0.39 is 0 Å². The van der Waals surface area contributed by atoms with Crippen molar-refractivity contribution in [1.29, 1.82) is 0 Å². The molecule has 0 heterocycles. The Morgan fingerprint density at radius 1 is 0.929 bits per heavy atom. The van der Waals surface area contributed by atoms with Crippen LogP contribution in [0.2, 0.25) is 0 Å². The van der Waals surface area contributed by atoms with Crippen LogP contribution in [0.1, 0.15) is 24.5 Å². The van der Waals surface area contributed by atoms with Crippen LogP contribution < -0.4 is 14.2 Å². The summed E-state index contributed by atoms with van der Waals surface area (Å²) in [6.45, 7) is 1.99. The Kier molecular flexibility index (Phi) is 7.69. The normalized spacial score (nSPS) is 12.3. The summed E-state index contributed by atoms with van der Waals surface area (Å²) in [5, 5.41) is 9.61. The second kappa shape index (κ2) is 10.2. The van der Waals surface area contributed by atoms with Crippen LogP contribution in [0.3, 0.4) is 0 Å². The van der Waals surface area contributed by atoms with Crippen molar-refractivity contribution >= 4 is 17.9 Å². The van der Waals surface area contributed by atoms with Crippen molar-refractivity contribution in [2.24, 2.45) is 5.92 Å². The lowest BCUT2D eigenvalue weighted by atomic mass is 10.0. The number of carbonyl (C=O) groups is 1. The number of phenols is 1. The zero-order valence-electron chi connectivity index (χ0n) is 16.6. The smallest absolute Gasteiger partial charge is 0.161 e. The molecule has 28 heavy (non-hydrogen) atoms. The van der Waals surface area contributed by atoms with Crippen LogP contribution in [0.4, 0.5) is 0 Å². The highest BCUT2D eigenvalue weighted by Crippen LogP contribution is 2.28. The first-order valence-electron chi connectivity index (χ1n) is 8.95. The highest BCUT2D eigenvalue weighted by molar-refractivity contribution is 5.93. The highest BCUT2D eigenvalue weighted by Gasteiger charge is 2.06. The zero-order valence-corrected chi connectivity index (χ0v) is 16.6. The van der Waals surface area contributed by atoms with Crippen LogP contribution in [-0.2, 0) is 4.79 Å². The molecule has 5 nitrogen and oxygen atoms in total. The molecule has 0 saturated heterocycles. The van der Waals surface area contributed by atoms with Crippen LogP contribution in [-0.4, -0.2) is 32.2 Å². The standard InChI is InChI=1S/C23H26O5/c1-16(5-6-17-9-12-21(26-2)23(15-17)28-4)13-19(24)10-7-18-8-11-20(25)22(14-18)27-3/h5-12,14-16,25H,13H2,1-4H3/b6-5+,10-7+. The number of hydrogen-bond acceptors (Lipinski definition) is 5. The molecule has 0 aliphatic carbocycles. The Hall–Kier alpha value is -3.21. The molecular weight excluding hydrogens is 356 g/mol. The van der Waals surface area contributed by atoms with Gasteiger partial charge in [-0.1, -0.05) is 37.3 Å². The monoisotopic (exact) mass is 382 g/mol. The largest absolute Gasteiger partial charge is 0.504 e. The molecule has 2 rings (SSSR count). The zero-order chi connectivity index (χ0) is 20.5. The van der Waals surface area contributed by atoms with Gasteiger partial charge < -0.3 is 19.3 Å². The number of ether oxygens (including phenoxy) is 3.